The van der Waals surface area contributed by atoms with Crippen LogP contribution in [0.2, 0.25) is 5.02 Å². The highest BCUT2D eigenvalue weighted by Crippen LogP contribution is 2.77. The van der Waals surface area contributed by atoms with Crippen molar-refractivity contribution >= 4 is 35.2 Å². The van der Waals surface area contributed by atoms with Crippen LogP contribution in [0.25, 0.3) is 0 Å². The van der Waals surface area contributed by atoms with Crippen LogP contribution in [-0.4, -0.2) is 109 Å². The van der Waals surface area contributed by atoms with Crippen LogP contribution in [0.3, 0.4) is 0 Å². The zero-order chi connectivity index (χ0) is 50.3. The van der Waals surface area contributed by atoms with Gasteiger partial charge in [-0.3, -0.25) is 24.1 Å². The Kier molecular flexibility index (Phi) is 14.2. The number of ether oxygens (including phenoxy) is 3. The Bertz CT molecular complexity index is 2200. The van der Waals surface area contributed by atoms with E-state index in [0.29, 0.717) is 73.9 Å². The SMILES string of the molecule is CC(C)C1=C2[C@H]3CC[C@@H]4[C@@]5(C)CC[C@H](OC(=O)[C@H]6C[C@@H](C(=O)O)C6(C)C)C(C)(C)[C@@H]5CC[C@@]4(C)[C@]3(C)CC[C@@]2([C@@H](O)CNCC(C)(C)NC(=O)c2ccc(Cl)cc2OCCN2CCOCC2)CC1=O. The molecule has 6 aliphatic carbocycles. The highest BCUT2D eigenvalue weighted by molar-refractivity contribution is 6.30. The van der Waals surface area contributed by atoms with Crippen LogP contribution in [0.1, 0.15) is 151 Å². The fourth-order valence-corrected chi connectivity index (χ4v) is 16.5. The molecule has 4 N–H and O–H groups in total. The maximum absolute atomic E-state index is 14.4. The number of hydrogen-bond donors (Lipinski definition) is 4. The third-order valence-corrected chi connectivity index (χ3v) is 20.7. The first kappa shape index (κ1) is 52.3. The Morgan fingerprint density at radius 1 is 0.913 bits per heavy atom. The van der Waals surface area contributed by atoms with Crippen molar-refractivity contribution in [2.24, 2.45) is 68.0 Å². The number of fused-ring (bicyclic) bond motifs is 7. The van der Waals surface area contributed by atoms with E-state index in [-0.39, 0.29) is 57.3 Å². The summed E-state index contributed by atoms with van der Waals surface area (Å²) in [5.74, 6) is -0.634. The Morgan fingerprint density at radius 3 is 2.29 bits per heavy atom. The lowest BCUT2D eigenvalue weighted by atomic mass is 9.33. The van der Waals surface area contributed by atoms with Crippen LogP contribution in [0, 0.1) is 68.0 Å². The maximum Gasteiger partial charge on any atom is 0.309 e. The number of morpholine rings is 1. The minimum atomic E-state index is -0.842. The number of aliphatic hydroxyl groups is 1. The van der Waals surface area contributed by atoms with Gasteiger partial charge >= 0.3 is 11.9 Å². The number of aliphatic hydroxyl groups excluding tert-OH is 1. The van der Waals surface area contributed by atoms with Gasteiger partial charge in [-0.15, -0.1) is 0 Å². The molecule has 5 saturated carbocycles. The lowest BCUT2D eigenvalue weighted by molar-refractivity contribution is -0.238. The van der Waals surface area contributed by atoms with Gasteiger partial charge in [0, 0.05) is 60.5 Å². The Balaban J connectivity index is 0.944. The van der Waals surface area contributed by atoms with E-state index in [4.69, 9.17) is 25.8 Å². The zero-order valence-corrected chi connectivity index (χ0v) is 44.4. The fourth-order valence-electron chi connectivity index (χ4n) is 16.3. The predicted octanol–water partition coefficient (Wildman–Crippen LogP) is 9.15. The summed E-state index contributed by atoms with van der Waals surface area (Å²) in [7, 11) is 0. The number of halogens is 1. The number of Topliss-reactive ketones (excluding diaryl/α,β-unsaturated/α-hetero) is 1. The first-order valence-electron chi connectivity index (χ1n) is 26.4. The van der Waals surface area contributed by atoms with Gasteiger partial charge < -0.3 is 35.1 Å². The molecule has 69 heavy (non-hydrogen) atoms. The molecule has 11 atom stereocenters. The Hall–Kier alpha value is -3.03. The molecule has 1 saturated heterocycles. The lowest BCUT2D eigenvalue weighted by Gasteiger charge is -2.72. The fraction of sp³-hybridized carbons (Fsp3) is 0.786. The molecule has 6 fully saturated rings. The second-order valence-corrected chi connectivity index (χ2v) is 26.0. The second kappa shape index (κ2) is 18.8. The molecule has 1 aromatic carbocycles. The van der Waals surface area contributed by atoms with Gasteiger partial charge in [-0.1, -0.05) is 79.5 Å². The molecule has 384 valence electrons. The van der Waals surface area contributed by atoms with Crippen molar-refractivity contribution in [1.82, 2.24) is 15.5 Å². The molecule has 1 aromatic rings. The number of rotatable bonds is 15. The molecule has 13 heteroatoms. The van der Waals surface area contributed by atoms with Crippen molar-refractivity contribution in [3.8, 4) is 5.75 Å². The third-order valence-electron chi connectivity index (χ3n) is 20.5. The molecule has 0 bridgehead atoms. The van der Waals surface area contributed by atoms with Gasteiger partial charge in [-0.2, -0.15) is 0 Å². The quantitative estimate of drug-likeness (QED) is 0.124. The summed E-state index contributed by atoms with van der Waals surface area (Å²) >= 11 is 6.36. The monoisotopic (exact) mass is 978 g/mol. The third kappa shape index (κ3) is 8.92. The highest BCUT2D eigenvalue weighted by Gasteiger charge is 2.71. The van der Waals surface area contributed by atoms with Crippen molar-refractivity contribution in [2.75, 3.05) is 52.5 Å². The largest absolute Gasteiger partial charge is 0.491 e. The van der Waals surface area contributed by atoms with E-state index < -0.39 is 40.3 Å². The number of aliphatic carboxylic acids is 1. The first-order chi connectivity index (χ1) is 32.2. The van der Waals surface area contributed by atoms with Gasteiger partial charge in [0.2, 0.25) is 0 Å². The predicted molar refractivity (Wildman–Crippen MR) is 267 cm³/mol. The topological polar surface area (TPSA) is 164 Å². The van der Waals surface area contributed by atoms with Gasteiger partial charge in [0.15, 0.2) is 5.78 Å². The van der Waals surface area contributed by atoms with E-state index in [1.54, 1.807) is 18.2 Å². The Labute approximate surface area is 417 Å². The minimum Gasteiger partial charge on any atom is -0.491 e. The van der Waals surface area contributed by atoms with E-state index in [2.05, 4.69) is 64.0 Å². The number of carbonyl (C=O) groups excluding carboxylic acids is 3. The molecule has 0 aromatic heterocycles. The molecule has 7 aliphatic rings. The summed E-state index contributed by atoms with van der Waals surface area (Å²) in [5.41, 5.74) is 0.322. The summed E-state index contributed by atoms with van der Waals surface area (Å²) in [6.45, 7) is 29.1. The number of allylic oxidation sites excluding steroid dienone is 1. The summed E-state index contributed by atoms with van der Waals surface area (Å²) in [6.07, 6.45) is 7.21. The first-order valence-corrected chi connectivity index (χ1v) is 26.8. The molecule has 1 amide bonds. The number of nitrogens with zero attached hydrogens (tertiary/aromatic N) is 1. The molecular formula is C56H84ClN3O9. The van der Waals surface area contributed by atoms with Crippen LogP contribution in [0.4, 0.5) is 0 Å². The van der Waals surface area contributed by atoms with E-state index in [1.807, 2.05) is 27.7 Å². The summed E-state index contributed by atoms with van der Waals surface area (Å²) < 4.78 is 18.0. The molecule has 8 rings (SSSR count). The van der Waals surface area contributed by atoms with Gasteiger partial charge in [0.25, 0.3) is 5.91 Å². The molecular weight excluding hydrogens is 894 g/mol. The summed E-state index contributed by atoms with van der Waals surface area (Å²) in [4.78, 5) is 56.0. The smallest absolute Gasteiger partial charge is 0.309 e. The van der Waals surface area contributed by atoms with Crippen molar-refractivity contribution in [1.29, 1.82) is 0 Å². The Morgan fingerprint density at radius 2 is 1.62 bits per heavy atom. The number of ketones is 1. The zero-order valence-electron chi connectivity index (χ0n) is 43.7. The van der Waals surface area contributed by atoms with Crippen molar-refractivity contribution in [2.45, 2.75) is 158 Å². The number of benzene rings is 1. The van der Waals surface area contributed by atoms with Gasteiger partial charge in [0.1, 0.15) is 18.5 Å². The molecule has 1 aliphatic heterocycles. The van der Waals surface area contributed by atoms with Crippen LogP contribution in [0.15, 0.2) is 29.3 Å². The van der Waals surface area contributed by atoms with Crippen LogP contribution in [0.5, 0.6) is 5.75 Å². The van der Waals surface area contributed by atoms with E-state index >= 15 is 0 Å². The average molecular weight is 979 g/mol. The average Bonchev–Trinajstić information content (AvgIpc) is 3.57. The molecule has 12 nitrogen and oxygen atoms in total. The standard InChI is InChI=1S/C56H84ClN3O9/c1-33(2)45-39(61)30-56(43(62)31-58-32-50(3,4)59-47(63)35-13-12-34(57)28-40(35)68-27-24-60-22-25-67-26-23-60)21-20-54(10)36(46(45)56)14-15-42-53(9)18-17-44(52(7,8)41(53)16-19-55(42,54)11)69-49(66)38-29-37(48(64)65)51(38,5)6/h12-13,28,33,36-38,41-44,58,62H,14-27,29-32H2,1-11H3,(H,59,63)(H,64,65)/t36-,37+,38-,41+,42-,43+,44+,53+,54-,55-,56+/m1/s1. The van der Waals surface area contributed by atoms with Gasteiger partial charge in [-0.05, 0) is 141 Å². The maximum atomic E-state index is 14.4. The van der Waals surface area contributed by atoms with E-state index in [1.165, 1.54) is 5.57 Å². The lowest BCUT2D eigenvalue weighted by Crippen LogP contribution is -2.66. The number of amides is 1. The summed E-state index contributed by atoms with van der Waals surface area (Å²) in [5, 5.41) is 29.5. The van der Waals surface area contributed by atoms with Gasteiger partial charge in [0.05, 0.1) is 36.7 Å². The number of esters is 1. The minimum absolute atomic E-state index is 0.00138. The van der Waals surface area contributed by atoms with E-state index in [9.17, 15) is 29.4 Å². The molecule has 1 heterocycles. The van der Waals surface area contributed by atoms with Crippen molar-refractivity contribution in [3.63, 3.8) is 0 Å². The number of hydrogen-bond acceptors (Lipinski definition) is 10. The molecule has 0 unspecified atom stereocenters. The van der Waals surface area contributed by atoms with Crippen LogP contribution >= 0.6 is 11.6 Å². The summed E-state index contributed by atoms with van der Waals surface area (Å²) in [6, 6.07) is 5.09. The van der Waals surface area contributed by atoms with Crippen LogP contribution < -0.4 is 15.4 Å². The molecule has 0 spiro atoms. The highest BCUT2D eigenvalue weighted by atomic mass is 35.5. The van der Waals surface area contributed by atoms with E-state index in [0.717, 1.165) is 76.6 Å². The van der Waals surface area contributed by atoms with Gasteiger partial charge in [-0.25, -0.2) is 0 Å². The number of nitrogens with one attached hydrogen (secondary N) is 2. The molecule has 0 radical (unpaired) electrons. The number of carbonyl (C=O) groups is 4. The van der Waals surface area contributed by atoms with Crippen LogP contribution in [-0.2, 0) is 23.9 Å². The van der Waals surface area contributed by atoms with Crippen molar-refractivity contribution in [3.05, 3.63) is 39.9 Å². The normalized spacial score (nSPS) is 36.6. The second-order valence-electron chi connectivity index (χ2n) is 25.6. The number of carboxylic acids is 1. The number of carboxylic acid groups (broad SMARTS) is 1. The van der Waals surface area contributed by atoms with Crippen molar-refractivity contribution < 1.29 is 43.6 Å².